The number of hydrogen-bond donors (Lipinski definition) is 2. The number of para-hydroxylation sites is 1. The van der Waals surface area contributed by atoms with Crippen molar-refractivity contribution >= 4 is 11.8 Å². The molecule has 1 aromatic heterocycles. The van der Waals surface area contributed by atoms with Gasteiger partial charge in [0.1, 0.15) is 11.5 Å². The van der Waals surface area contributed by atoms with Gasteiger partial charge in [0, 0.05) is 19.0 Å². The number of carbonyl (C=O) groups is 2. The molecule has 0 radical (unpaired) electrons. The van der Waals surface area contributed by atoms with Crippen LogP contribution in [-0.4, -0.2) is 50.7 Å². The van der Waals surface area contributed by atoms with E-state index in [1.54, 1.807) is 12.1 Å². The number of aromatic nitrogens is 2. The Morgan fingerprint density at radius 2 is 1.96 bits per heavy atom. The van der Waals surface area contributed by atoms with Crippen molar-refractivity contribution in [1.82, 2.24) is 20.0 Å². The topological polar surface area (TPSA) is 87.5 Å². The number of halogens is 1. The number of aromatic hydroxyl groups is 1. The van der Waals surface area contributed by atoms with Crippen LogP contribution in [0, 0.1) is 11.7 Å². The fourth-order valence-corrected chi connectivity index (χ4v) is 3.15. The number of likely N-dealkylation sites (tertiary alicyclic amines) is 1. The minimum absolute atomic E-state index is 0.0556. The van der Waals surface area contributed by atoms with Crippen LogP contribution in [0.2, 0.25) is 0 Å². The third kappa shape index (κ3) is 2.91. The van der Waals surface area contributed by atoms with Gasteiger partial charge in [-0.2, -0.15) is 5.10 Å². The smallest absolute Gasteiger partial charge is 0.278 e. The van der Waals surface area contributed by atoms with Crippen LogP contribution in [0.25, 0.3) is 5.69 Å². The van der Waals surface area contributed by atoms with Crippen molar-refractivity contribution in [3.05, 3.63) is 42.0 Å². The van der Waals surface area contributed by atoms with Gasteiger partial charge in [-0.3, -0.25) is 9.59 Å². The summed E-state index contributed by atoms with van der Waals surface area (Å²) < 4.78 is 15.0. The standard InChI is InChI=1S/C18H19FN4O3/c19-13-6-1-2-7-14(13)23-10-15(24)16(21-23)18(26)22-8-12(9-22)20-17(25)11-4-3-5-11/h1-2,6-7,10-12,24H,3-5,8-9H2,(H,20,25). The molecule has 7 nitrogen and oxygen atoms in total. The first-order valence-corrected chi connectivity index (χ1v) is 8.66. The number of amides is 2. The van der Waals surface area contributed by atoms with E-state index in [1.165, 1.54) is 23.2 Å². The first kappa shape index (κ1) is 16.6. The highest BCUT2D eigenvalue weighted by atomic mass is 19.1. The van der Waals surface area contributed by atoms with Crippen LogP contribution in [-0.2, 0) is 4.79 Å². The molecule has 0 atom stereocenters. The Labute approximate surface area is 149 Å². The highest BCUT2D eigenvalue weighted by Gasteiger charge is 2.36. The molecule has 1 aromatic carbocycles. The summed E-state index contributed by atoms with van der Waals surface area (Å²) >= 11 is 0. The molecule has 8 heteroatoms. The maximum Gasteiger partial charge on any atom is 0.278 e. The Morgan fingerprint density at radius 3 is 2.62 bits per heavy atom. The summed E-state index contributed by atoms with van der Waals surface area (Å²) in [6.07, 6.45) is 4.17. The molecule has 2 aromatic rings. The van der Waals surface area contributed by atoms with E-state index >= 15 is 0 Å². The third-order valence-corrected chi connectivity index (χ3v) is 4.99. The molecular weight excluding hydrogens is 339 g/mol. The molecule has 1 saturated carbocycles. The summed E-state index contributed by atoms with van der Waals surface area (Å²) in [5, 5.41) is 17.0. The molecule has 1 aliphatic carbocycles. The number of carbonyl (C=O) groups excluding carboxylic acids is 2. The molecule has 26 heavy (non-hydrogen) atoms. The predicted octanol–water partition coefficient (Wildman–Crippen LogP) is 1.46. The van der Waals surface area contributed by atoms with E-state index in [0.29, 0.717) is 13.1 Å². The molecule has 0 spiro atoms. The highest BCUT2D eigenvalue weighted by molar-refractivity contribution is 5.95. The molecule has 0 unspecified atom stereocenters. The molecule has 136 valence electrons. The number of nitrogens with one attached hydrogen (secondary N) is 1. The quantitative estimate of drug-likeness (QED) is 0.866. The predicted molar refractivity (Wildman–Crippen MR) is 90.4 cm³/mol. The lowest BCUT2D eigenvalue weighted by atomic mass is 9.84. The van der Waals surface area contributed by atoms with Gasteiger partial charge in [0.05, 0.1) is 12.2 Å². The van der Waals surface area contributed by atoms with Gasteiger partial charge in [-0.15, -0.1) is 0 Å². The van der Waals surface area contributed by atoms with Crippen molar-refractivity contribution in [3.8, 4) is 11.4 Å². The van der Waals surface area contributed by atoms with Crippen LogP contribution in [0.5, 0.6) is 5.75 Å². The zero-order valence-electron chi connectivity index (χ0n) is 14.1. The Bertz CT molecular complexity index is 856. The van der Waals surface area contributed by atoms with E-state index < -0.39 is 11.7 Å². The van der Waals surface area contributed by atoms with E-state index in [2.05, 4.69) is 10.4 Å². The van der Waals surface area contributed by atoms with Crippen molar-refractivity contribution in [3.63, 3.8) is 0 Å². The second-order valence-corrected chi connectivity index (χ2v) is 6.80. The van der Waals surface area contributed by atoms with Gasteiger partial charge < -0.3 is 15.3 Å². The normalized spacial score (nSPS) is 17.5. The van der Waals surface area contributed by atoms with Crippen LogP contribution in [0.1, 0.15) is 29.8 Å². The van der Waals surface area contributed by atoms with Crippen molar-refractivity contribution in [1.29, 1.82) is 0 Å². The van der Waals surface area contributed by atoms with E-state index in [0.717, 1.165) is 23.9 Å². The second kappa shape index (κ2) is 6.44. The maximum atomic E-state index is 13.8. The van der Waals surface area contributed by atoms with Crippen molar-refractivity contribution < 1.29 is 19.1 Å². The van der Waals surface area contributed by atoms with Crippen LogP contribution >= 0.6 is 0 Å². The van der Waals surface area contributed by atoms with Gasteiger partial charge in [-0.25, -0.2) is 9.07 Å². The summed E-state index contributed by atoms with van der Waals surface area (Å²) in [7, 11) is 0. The van der Waals surface area contributed by atoms with E-state index in [-0.39, 0.29) is 35.0 Å². The number of hydrogen-bond acceptors (Lipinski definition) is 4. The minimum Gasteiger partial charge on any atom is -0.504 e. The zero-order valence-corrected chi connectivity index (χ0v) is 14.1. The van der Waals surface area contributed by atoms with E-state index in [9.17, 15) is 19.1 Å². The monoisotopic (exact) mass is 358 g/mol. The molecule has 1 aliphatic heterocycles. The van der Waals surface area contributed by atoms with Gasteiger partial charge >= 0.3 is 0 Å². The molecule has 2 heterocycles. The largest absolute Gasteiger partial charge is 0.504 e. The van der Waals surface area contributed by atoms with Crippen molar-refractivity contribution in [2.24, 2.45) is 5.92 Å². The van der Waals surface area contributed by atoms with E-state index in [1.807, 2.05) is 0 Å². The lowest BCUT2D eigenvalue weighted by Crippen LogP contribution is -2.62. The van der Waals surface area contributed by atoms with Gasteiger partial charge in [0.25, 0.3) is 5.91 Å². The number of benzene rings is 1. The number of nitrogens with zero attached hydrogens (tertiary/aromatic N) is 3. The third-order valence-electron chi connectivity index (χ3n) is 4.99. The molecule has 0 bridgehead atoms. The Balaban J connectivity index is 1.40. The zero-order chi connectivity index (χ0) is 18.3. The van der Waals surface area contributed by atoms with Crippen LogP contribution < -0.4 is 5.32 Å². The van der Waals surface area contributed by atoms with Gasteiger partial charge in [-0.1, -0.05) is 18.6 Å². The summed E-state index contributed by atoms with van der Waals surface area (Å²) in [5.41, 5.74) is 0.0214. The fraction of sp³-hybridized carbons (Fsp3) is 0.389. The maximum absolute atomic E-state index is 13.8. The van der Waals surface area contributed by atoms with Crippen molar-refractivity contribution in [2.45, 2.75) is 25.3 Å². The lowest BCUT2D eigenvalue weighted by molar-refractivity contribution is -0.129. The van der Waals surface area contributed by atoms with Crippen LogP contribution in [0.15, 0.2) is 30.5 Å². The molecule has 2 fully saturated rings. The van der Waals surface area contributed by atoms with Crippen LogP contribution in [0.3, 0.4) is 0 Å². The van der Waals surface area contributed by atoms with Crippen LogP contribution in [0.4, 0.5) is 4.39 Å². The Hall–Kier alpha value is -2.90. The van der Waals surface area contributed by atoms with Gasteiger partial charge in [0.15, 0.2) is 11.4 Å². The molecule has 2 amide bonds. The Morgan fingerprint density at radius 1 is 1.23 bits per heavy atom. The van der Waals surface area contributed by atoms with E-state index in [4.69, 9.17) is 0 Å². The van der Waals surface area contributed by atoms with Gasteiger partial charge in [0.2, 0.25) is 5.91 Å². The summed E-state index contributed by atoms with van der Waals surface area (Å²) in [6, 6.07) is 5.91. The lowest BCUT2D eigenvalue weighted by Gasteiger charge is -2.40. The summed E-state index contributed by atoms with van der Waals surface area (Å²) in [6.45, 7) is 0.757. The highest BCUT2D eigenvalue weighted by Crippen LogP contribution is 2.27. The average molecular weight is 358 g/mol. The second-order valence-electron chi connectivity index (χ2n) is 6.80. The Kier molecular flexibility index (Phi) is 4.10. The molecule has 4 rings (SSSR count). The number of rotatable bonds is 4. The molecule has 2 N–H and O–H groups in total. The average Bonchev–Trinajstić information content (AvgIpc) is 2.90. The summed E-state index contributed by atoms with van der Waals surface area (Å²) in [4.78, 5) is 25.9. The minimum atomic E-state index is -0.503. The van der Waals surface area contributed by atoms with Gasteiger partial charge in [-0.05, 0) is 25.0 Å². The van der Waals surface area contributed by atoms with Crippen molar-refractivity contribution in [2.75, 3.05) is 13.1 Å². The molecular formula is C18H19FN4O3. The fourth-order valence-electron chi connectivity index (χ4n) is 3.15. The first-order chi connectivity index (χ1) is 12.5. The molecule has 2 aliphatic rings. The molecule has 1 saturated heterocycles. The first-order valence-electron chi connectivity index (χ1n) is 8.66. The SMILES string of the molecule is O=C(NC1CN(C(=O)c2nn(-c3ccccc3F)cc2O)C1)C1CCC1. The summed E-state index contributed by atoms with van der Waals surface area (Å²) in [5.74, 6) is -1.08.